The third-order valence-corrected chi connectivity index (χ3v) is 4.63. The van der Waals surface area contributed by atoms with Gasteiger partial charge in [0, 0.05) is 24.7 Å². The zero-order valence-electron chi connectivity index (χ0n) is 11.6. The summed E-state index contributed by atoms with van der Waals surface area (Å²) in [6.07, 6.45) is 3.08. The van der Waals surface area contributed by atoms with Gasteiger partial charge in [-0.15, -0.1) is 0 Å². The number of hydrogen-bond donors (Lipinski definition) is 0. The summed E-state index contributed by atoms with van der Waals surface area (Å²) >= 11 is 11.7. The Labute approximate surface area is 133 Å². The van der Waals surface area contributed by atoms with Gasteiger partial charge in [-0.05, 0) is 24.8 Å². The molecule has 1 atom stereocenters. The average molecular weight is 331 g/mol. The van der Waals surface area contributed by atoms with E-state index >= 15 is 0 Å². The standard InChI is InChI=1S/C14H16Cl2N2O3/c1-2-9-4-3-5-17(8-9)14(19)10-6-11(15)13(16)12(7-10)18(20)21/h6-7,9H,2-5,8H2,1H3. The second-order valence-electron chi connectivity index (χ2n) is 5.22. The average Bonchev–Trinajstić information content (AvgIpc) is 2.48. The lowest BCUT2D eigenvalue weighted by Gasteiger charge is -2.32. The molecule has 0 radical (unpaired) electrons. The molecule has 1 fully saturated rings. The fourth-order valence-corrected chi connectivity index (χ4v) is 2.99. The molecule has 0 spiro atoms. The van der Waals surface area contributed by atoms with Crippen LogP contribution in [0.15, 0.2) is 12.1 Å². The first-order valence-corrected chi connectivity index (χ1v) is 7.62. The Balaban J connectivity index is 2.29. The number of likely N-dealkylation sites (tertiary alicyclic amines) is 1. The van der Waals surface area contributed by atoms with Crippen molar-refractivity contribution in [3.05, 3.63) is 37.9 Å². The van der Waals surface area contributed by atoms with Gasteiger partial charge in [0.1, 0.15) is 5.02 Å². The van der Waals surface area contributed by atoms with Crippen molar-refractivity contribution in [2.24, 2.45) is 5.92 Å². The van der Waals surface area contributed by atoms with Gasteiger partial charge >= 0.3 is 0 Å². The summed E-state index contributed by atoms with van der Waals surface area (Å²) in [5, 5.41) is 10.9. The smallest absolute Gasteiger partial charge is 0.290 e. The van der Waals surface area contributed by atoms with E-state index in [1.165, 1.54) is 12.1 Å². The first kappa shape index (κ1) is 16.0. The zero-order chi connectivity index (χ0) is 15.6. The van der Waals surface area contributed by atoms with Crippen LogP contribution in [0.1, 0.15) is 36.5 Å². The number of carbonyl (C=O) groups is 1. The second kappa shape index (κ2) is 6.62. The number of piperidine rings is 1. The van der Waals surface area contributed by atoms with Crippen LogP contribution in [0, 0.1) is 16.0 Å². The number of nitro groups is 1. The Morgan fingerprint density at radius 1 is 1.48 bits per heavy atom. The predicted octanol–water partition coefficient (Wildman–Crippen LogP) is 4.16. The summed E-state index contributed by atoms with van der Waals surface area (Å²) in [7, 11) is 0. The minimum Gasteiger partial charge on any atom is -0.338 e. The highest BCUT2D eigenvalue weighted by Crippen LogP contribution is 2.33. The van der Waals surface area contributed by atoms with Gasteiger partial charge < -0.3 is 4.90 Å². The van der Waals surface area contributed by atoms with E-state index in [2.05, 4.69) is 6.92 Å². The summed E-state index contributed by atoms with van der Waals surface area (Å²) in [5.74, 6) is 0.260. The molecule has 1 aromatic carbocycles. The summed E-state index contributed by atoms with van der Waals surface area (Å²) in [4.78, 5) is 24.6. The van der Waals surface area contributed by atoms with Crippen molar-refractivity contribution in [1.29, 1.82) is 0 Å². The quantitative estimate of drug-likeness (QED) is 0.617. The molecule has 1 aromatic rings. The van der Waals surface area contributed by atoms with Gasteiger partial charge in [-0.3, -0.25) is 14.9 Å². The van der Waals surface area contributed by atoms with Crippen LogP contribution >= 0.6 is 23.2 Å². The van der Waals surface area contributed by atoms with Gasteiger partial charge in [0.25, 0.3) is 11.6 Å². The van der Waals surface area contributed by atoms with E-state index in [-0.39, 0.29) is 27.2 Å². The van der Waals surface area contributed by atoms with Crippen LogP contribution in [0.2, 0.25) is 10.0 Å². The Bertz CT molecular complexity index is 578. The maximum Gasteiger partial charge on any atom is 0.290 e. The number of nitrogens with zero attached hydrogens (tertiary/aromatic N) is 2. The van der Waals surface area contributed by atoms with E-state index in [4.69, 9.17) is 23.2 Å². The highest BCUT2D eigenvalue weighted by molar-refractivity contribution is 6.43. The fraction of sp³-hybridized carbons (Fsp3) is 0.500. The van der Waals surface area contributed by atoms with Crippen molar-refractivity contribution in [1.82, 2.24) is 4.90 Å². The van der Waals surface area contributed by atoms with Crippen LogP contribution in [0.4, 0.5) is 5.69 Å². The number of benzene rings is 1. The molecule has 1 heterocycles. The molecular weight excluding hydrogens is 315 g/mol. The summed E-state index contributed by atoms with van der Waals surface area (Å²) in [6.45, 7) is 3.45. The van der Waals surface area contributed by atoms with E-state index in [1.807, 2.05) is 0 Å². The molecule has 0 N–H and O–H groups in total. The first-order valence-electron chi connectivity index (χ1n) is 6.86. The molecule has 0 saturated carbocycles. The van der Waals surface area contributed by atoms with E-state index in [0.29, 0.717) is 19.0 Å². The molecule has 0 bridgehead atoms. The van der Waals surface area contributed by atoms with Crippen molar-refractivity contribution in [3.63, 3.8) is 0 Å². The Morgan fingerprint density at radius 3 is 2.81 bits per heavy atom. The van der Waals surface area contributed by atoms with Crippen molar-refractivity contribution in [2.45, 2.75) is 26.2 Å². The maximum atomic E-state index is 12.5. The molecule has 5 nitrogen and oxygen atoms in total. The molecule has 0 aliphatic carbocycles. The predicted molar refractivity (Wildman–Crippen MR) is 82.0 cm³/mol. The molecule has 1 aliphatic heterocycles. The van der Waals surface area contributed by atoms with Crippen molar-refractivity contribution in [2.75, 3.05) is 13.1 Å². The molecule has 114 valence electrons. The number of hydrogen-bond acceptors (Lipinski definition) is 3. The monoisotopic (exact) mass is 330 g/mol. The Kier molecular flexibility index (Phi) is 5.06. The minimum atomic E-state index is -0.629. The lowest BCUT2D eigenvalue weighted by Crippen LogP contribution is -2.39. The van der Waals surface area contributed by atoms with Gasteiger partial charge in [-0.2, -0.15) is 0 Å². The lowest BCUT2D eigenvalue weighted by atomic mass is 9.95. The summed E-state index contributed by atoms with van der Waals surface area (Å²) < 4.78 is 0. The SMILES string of the molecule is CCC1CCCN(C(=O)c2cc(Cl)c(Cl)c([N+](=O)[O-])c2)C1. The molecule has 0 aromatic heterocycles. The first-order chi connectivity index (χ1) is 9.93. The zero-order valence-corrected chi connectivity index (χ0v) is 13.2. The third-order valence-electron chi connectivity index (χ3n) is 3.84. The molecule has 7 heteroatoms. The number of rotatable bonds is 3. The van der Waals surface area contributed by atoms with Gasteiger partial charge in [0.15, 0.2) is 0 Å². The molecular formula is C14H16Cl2N2O3. The van der Waals surface area contributed by atoms with Gasteiger partial charge in [-0.25, -0.2) is 0 Å². The second-order valence-corrected chi connectivity index (χ2v) is 6.00. The van der Waals surface area contributed by atoms with Gasteiger partial charge in [0.05, 0.1) is 9.95 Å². The fourth-order valence-electron chi connectivity index (χ4n) is 2.60. The number of halogens is 2. The van der Waals surface area contributed by atoms with Crippen molar-refractivity contribution >= 4 is 34.8 Å². The van der Waals surface area contributed by atoms with E-state index in [0.717, 1.165) is 19.3 Å². The van der Waals surface area contributed by atoms with Crippen LogP contribution in [0.5, 0.6) is 0 Å². The number of amides is 1. The van der Waals surface area contributed by atoms with Crippen molar-refractivity contribution < 1.29 is 9.72 Å². The minimum absolute atomic E-state index is 0.0262. The third kappa shape index (κ3) is 3.47. The molecule has 1 aliphatic rings. The molecule has 1 amide bonds. The molecule has 2 rings (SSSR count). The maximum absolute atomic E-state index is 12.5. The van der Waals surface area contributed by atoms with Crippen LogP contribution in [-0.2, 0) is 0 Å². The van der Waals surface area contributed by atoms with Crippen LogP contribution in [0.3, 0.4) is 0 Å². The highest BCUT2D eigenvalue weighted by Gasteiger charge is 2.26. The molecule has 1 saturated heterocycles. The van der Waals surface area contributed by atoms with Gasteiger partial charge in [0.2, 0.25) is 0 Å². The molecule has 21 heavy (non-hydrogen) atoms. The largest absolute Gasteiger partial charge is 0.338 e. The van der Waals surface area contributed by atoms with E-state index < -0.39 is 4.92 Å². The topological polar surface area (TPSA) is 63.5 Å². The normalized spacial score (nSPS) is 18.6. The van der Waals surface area contributed by atoms with Crippen molar-refractivity contribution in [3.8, 4) is 0 Å². The number of nitro benzene ring substituents is 1. The van der Waals surface area contributed by atoms with Crippen LogP contribution in [0.25, 0.3) is 0 Å². The summed E-state index contributed by atoms with van der Waals surface area (Å²) in [6, 6.07) is 2.60. The van der Waals surface area contributed by atoms with E-state index in [9.17, 15) is 14.9 Å². The van der Waals surface area contributed by atoms with Crippen LogP contribution < -0.4 is 0 Å². The number of carbonyl (C=O) groups excluding carboxylic acids is 1. The Hall–Kier alpha value is -1.33. The lowest BCUT2D eigenvalue weighted by molar-refractivity contribution is -0.384. The van der Waals surface area contributed by atoms with Crippen LogP contribution in [-0.4, -0.2) is 28.8 Å². The highest BCUT2D eigenvalue weighted by atomic mass is 35.5. The summed E-state index contributed by atoms with van der Waals surface area (Å²) in [5.41, 5.74) is -0.121. The van der Waals surface area contributed by atoms with E-state index in [1.54, 1.807) is 4.90 Å². The Morgan fingerprint density at radius 2 is 2.19 bits per heavy atom. The molecule has 1 unspecified atom stereocenters. The van der Waals surface area contributed by atoms with Gasteiger partial charge in [-0.1, -0.05) is 36.5 Å².